The Kier molecular flexibility index (Phi) is 5.86. The van der Waals surface area contributed by atoms with Gasteiger partial charge in [-0.2, -0.15) is 0 Å². The Labute approximate surface area is 178 Å². The van der Waals surface area contributed by atoms with Crippen LogP contribution < -0.4 is 15.2 Å². The number of aromatic amines is 2. The van der Waals surface area contributed by atoms with Crippen LogP contribution in [0, 0.1) is 0 Å². The number of fused-ring (bicyclic) bond motifs is 1. The molecule has 0 aliphatic rings. The molecule has 0 aliphatic carbocycles. The maximum Gasteiger partial charge on any atom is 0.323 e. The van der Waals surface area contributed by atoms with Crippen molar-refractivity contribution in [1.29, 1.82) is 0 Å². The van der Waals surface area contributed by atoms with E-state index in [9.17, 15) is 4.79 Å². The fourth-order valence-corrected chi connectivity index (χ4v) is 3.20. The average Bonchev–Trinajstić information content (AvgIpc) is 3.12. The van der Waals surface area contributed by atoms with E-state index in [1.165, 1.54) is 0 Å². The molecule has 0 saturated carbocycles. The molecule has 0 aliphatic heterocycles. The highest BCUT2D eigenvalue weighted by molar-refractivity contribution is 6.31. The normalized spacial score (nSPS) is 11.3. The highest BCUT2D eigenvalue weighted by Gasteiger charge is 2.08. The van der Waals surface area contributed by atoms with E-state index in [2.05, 4.69) is 15.0 Å². The Morgan fingerprint density at radius 2 is 1.80 bits per heavy atom. The number of halogens is 1. The minimum atomic E-state index is -0.236. The summed E-state index contributed by atoms with van der Waals surface area (Å²) in [7, 11) is 0. The molecule has 2 N–H and O–H groups in total. The monoisotopic (exact) mass is 421 g/mol. The lowest BCUT2D eigenvalue weighted by Gasteiger charge is -2.13. The Morgan fingerprint density at radius 1 is 0.967 bits per heavy atom. The van der Waals surface area contributed by atoms with Crippen molar-refractivity contribution in [3.05, 3.63) is 87.3 Å². The zero-order valence-electron chi connectivity index (χ0n) is 16.3. The number of nitrogens with one attached hydrogen (secondary N) is 2. The number of imidazole rings is 1. The summed E-state index contributed by atoms with van der Waals surface area (Å²) in [6.07, 6.45) is 1.74. The molecule has 0 atom stereocenters. The van der Waals surface area contributed by atoms with Gasteiger partial charge in [-0.05, 0) is 55.0 Å². The minimum Gasteiger partial charge on any atom is -0.490 e. The SMILES string of the molecule is CCOc1cc(C=Nc2ccc3[nH]c(=O)[nH]c3c2)ccc1OCc1ccccc1Cl. The molecule has 0 fully saturated rings. The highest BCUT2D eigenvalue weighted by Crippen LogP contribution is 2.30. The van der Waals surface area contributed by atoms with Crippen LogP contribution in [0.25, 0.3) is 11.0 Å². The second-order valence-electron chi connectivity index (χ2n) is 6.59. The third-order valence-electron chi connectivity index (χ3n) is 4.47. The Morgan fingerprint density at radius 3 is 2.63 bits per heavy atom. The zero-order valence-corrected chi connectivity index (χ0v) is 17.1. The number of hydrogen-bond donors (Lipinski definition) is 2. The van der Waals surface area contributed by atoms with Gasteiger partial charge in [-0.3, -0.25) is 4.99 Å². The molecule has 152 valence electrons. The van der Waals surface area contributed by atoms with E-state index in [4.69, 9.17) is 21.1 Å². The molecule has 4 aromatic rings. The summed E-state index contributed by atoms with van der Waals surface area (Å²) in [6, 6.07) is 18.7. The van der Waals surface area contributed by atoms with Crippen molar-refractivity contribution in [2.24, 2.45) is 4.99 Å². The van der Waals surface area contributed by atoms with Crippen molar-refractivity contribution >= 4 is 34.5 Å². The zero-order chi connectivity index (χ0) is 20.9. The fraction of sp³-hybridized carbons (Fsp3) is 0.130. The van der Waals surface area contributed by atoms with E-state index < -0.39 is 0 Å². The first-order valence-corrected chi connectivity index (χ1v) is 9.89. The maximum atomic E-state index is 11.4. The number of hydrogen-bond acceptors (Lipinski definition) is 4. The highest BCUT2D eigenvalue weighted by atomic mass is 35.5. The van der Waals surface area contributed by atoms with Crippen LogP contribution in [0.4, 0.5) is 5.69 Å². The van der Waals surface area contributed by atoms with Gasteiger partial charge in [0.05, 0.1) is 23.3 Å². The number of nitrogens with zero attached hydrogens (tertiary/aromatic N) is 1. The summed E-state index contributed by atoms with van der Waals surface area (Å²) in [5.74, 6) is 1.28. The smallest absolute Gasteiger partial charge is 0.323 e. The molecule has 3 aromatic carbocycles. The largest absolute Gasteiger partial charge is 0.490 e. The second kappa shape index (κ2) is 8.88. The van der Waals surface area contributed by atoms with E-state index in [-0.39, 0.29) is 5.69 Å². The fourth-order valence-electron chi connectivity index (χ4n) is 3.01. The molecule has 4 rings (SSSR count). The standard InChI is InChI=1S/C23H20ClN3O3/c1-2-29-22-11-15(7-10-21(22)30-14-16-5-3-4-6-18(16)24)13-25-17-8-9-19-20(12-17)27-23(28)26-19/h3-13H,2,14H2,1H3,(H2,26,27,28). The quantitative estimate of drug-likeness (QED) is 0.400. The number of benzene rings is 3. The molecule has 6 nitrogen and oxygen atoms in total. The van der Waals surface area contributed by atoms with Gasteiger partial charge in [-0.25, -0.2) is 4.79 Å². The van der Waals surface area contributed by atoms with Crippen LogP contribution in [0.5, 0.6) is 11.5 Å². The molecule has 0 saturated heterocycles. The van der Waals surface area contributed by atoms with Crippen LogP contribution >= 0.6 is 11.6 Å². The van der Waals surface area contributed by atoms with Gasteiger partial charge in [-0.15, -0.1) is 0 Å². The summed E-state index contributed by atoms with van der Waals surface area (Å²) in [4.78, 5) is 21.3. The molecule has 0 bridgehead atoms. The summed E-state index contributed by atoms with van der Waals surface area (Å²) >= 11 is 6.20. The van der Waals surface area contributed by atoms with E-state index >= 15 is 0 Å². The van der Waals surface area contributed by atoms with Gasteiger partial charge in [0, 0.05) is 16.8 Å². The molecular weight excluding hydrogens is 402 g/mol. The third-order valence-corrected chi connectivity index (χ3v) is 4.84. The molecule has 30 heavy (non-hydrogen) atoms. The molecule has 1 aromatic heterocycles. The van der Waals surface area contributed by atoms with Gasteiger partial charge in [0.15, 0.2) is 11.5 Å². The third kappa shape index (κ3) is 4.55. The topological polar surface area (TPSA) is 79.5 Å². The number of H-pyrrole nitrogens is 2. The first-order chi connectivity index (χ1) is 14.6. The van der Waals surface area contributed by atoms with Crippen LogP contribution in [0.2, 0.25) is 5.02 Å². The Bertz CT molecular complexity index is 1260. The molecular formula is C23H20ClN3O3. The number of aromatic nitrogens is 2. The summed E-state index contributed by atoms with van der Waals surface area (Å²) < 4.78 is 11.7. The number of aliphatic imine (C=N–C) groups is 1. The van der Waals surface area contributed by atoms with E-state index in [0.717, 1.165) is 22.3 Å². The van der Waals surface area contributed by atoms with Gasteiger partial charge >= 0.3 is 5.69 Å². The van der Waals surface area contributed by atoms with Crippen molar-refractivity contribution in [3.8, 4) is 11.5 Å². The average molecular weight is 422 g/mol. The number of rotatable bonds is 7. The van der Waals surface area contributed by atoms with Crippen LogP contribution in [0.1, 0.15) is 18.1 Å². The van der Waals surface area contributed by atoms with Gasteiger partial charge in [-0.1, -0.05) is 29.8 Å². The van der Waals surface area contributed by atoms with Crippen LogP contribution in [-0.4, -0.2) is 22.8 Å². The Balaban J connectivity index is 1.53. The van der Waals surface area contributed by atoms with E-state index in [1.807, 2.05) is 67.6 Å². The van der Waals surface area contributed by atoms with Gasteiger partial charge < -0.3 is 19.4 Å². The van der Waals surface area contributed by atoms with Gasteiger partial charge in [0.2, 0.25) is 0 Å². The lowest BCUT2D eigenvalue weighted by atomic mass is 10.2. The lowest BCUT2D eigenvalue weighted by molar-refractivity contribution is 0.269. The molecule has 7 heteroatoms. The van der Waals surface area contributed by atoms with Crippen molar-refractivity contribution in [2.45, 2.75) is 13.5 Å². The first kappa shape index (κ1) is 19.8. The summed E-state index contributed by atoms with van der Waals surface area (Å²) in [5.41, 5.74) is 3.73. The van der Waals surface area contributed by atoms with Crippen molar-refractivity contribution in [1.82, 2.24) is 9.97 Å². The maximum absolute atomic E-state index is 11.4. The first-order valence-electron chi connectivity index (χ1n) is 9.51. The summed E-state index contributed by atoms with van der Waals surface area (Å²) in [5, 5.41) is 0.667. The summed E-state index contributed by atoms with van der Waals surface area (Å²) in [6.45, 7) is 2.79. The van der Waals surface area contributed by atoms with Crippen molar-refractivity contribution < 1.29 is 9.47 Å². The van der Waals surface area contributed by atoms with E-state index in [0.29, 0.717) is 35.3 Å². The van der Waals surface area contributed by atoms with Crippen molar-refractivity contribution in [3.63, 3.8) is 0 Å². The van der Waals surface area contributed by atoms with Crippen LogP contribution in [-0.2, 0) is 6.61 Å². The van der Waals surface area contributed by atoms with Crippen LogP contribution in [0.3, 0.4) is 0 Å². The van der Waals surface area contributed by atoms with E-state index in [1.54, 1.807) is 6.21 Å². The van der Waals surface area contributed by atoms with Crippen molar-refractivity contribution in [2.75, 3.05) is 6.61 Å². The lowest BCUT2D eigenvalue weighted by Crippen LogP contribution is -2.00. The molecule has 0 spiro atoms. The predicted octanol–water partition coefficient (Wildman–Crippen LogP) is 5.24. The van der Waals surface area contributed by atoms with Crippen LogP contribution in [0.15, 0.2) is 70.5 Å². The molecule has 0 unspecified atom stereocenters. The number of ether oxygens (including phenoxy) is 2. The predicted molar refractivity (Wildman–Crippen MR) is 120 cm³/mol. The molecule has 0 radical (unpaired) electrons. The molecule has 0 amide bonds. The van der Waals surface area contributed by atoms with Gasteiger partial charge in [0.1, 0.15) is 6.61 Å². The molecule has 1 heterocycles. The second-order valence-corrected chi connectivity index (χ2v) is 6.99. The minimum absolute atomic E-state index is 0.236. The van der Waals surface area contributed by atoms with Gasteiger partial charge in [0.25, 0.3) is 0 Å². The Hall–Kier alpha value is -3.51.